The third-order valence-corrected chi connectivity index (χ3v) is 5.24. The van der Waals surface area contributed by atoms with E-state index >= 15 is 0 Å². The third kappa shape index (κ3) is 6.10. The summed E-state index contributed by atoms with van der Waals surface area (Å²) >= 11 is 1.34. The van der Waals surface area contributed by atoms with E-state index in [0.29, 0.717) is 51.6 Å². The Kier molecular flexibility index (Phi) is 7.93. The normalized spacial score (nSPS) is 14.1. The number of hydrogen-bond acceptors (Lipinski definition) is 6. The highest BCUT2D eigenvalue weighted by atomic mass is 32.2. The Balaban J connectivity index is 1.27. The Morgan fingerprint density at radius 3 is 2.86 bits per heavy atom. The number of fused-ring (bicyclic) bond motifs is 1. The van der Waals surface area contributed by atoms with Crippen molar-refractivity contribution in [3.05, 3.63) is 36.5 Å². The van der Waals surface area contributed by atoms with E-state index in [2.05, 4.69) is 10.3 Å². The molecule has 1 fully saturated rings. The molecular formula is C20H25N3O4S. The zero-order chi connectivity index (χ0) is 19.6. The van der Waals surface area contributed by atoms with Crippen LogP contribution in [0.2, 0.25) is 0 Å². The number of benzene rings is 1. The largest absolute Gasteiger partial charge is 0.491 e. The maximum absolute atomic E-state index is 12.0. The van der Waals surface area contributed by atoms with Crippen molar-refractivity contribution in [1.29, 1.82) is 0 Å². The van der Waals surface area contributed by atoms with Crippen LogP contribution in [0.15, 0.2) is 36.5 Å². The molecule has 0 spiro atoms. The molecule has 7 nitrogen and oxygen atoms in total. The number of hydrogen-bond donors (Lipinski definition) is 1. The van der Waals surface area contributed by atoms with Crippen LogP contribution >= 0.6 is 11.8 Å². The predicted molar refractivity (Wildman–Crippen MR) is 110 cm³/mol. The van der Waals surface area contributed by atoms with Gasteiger partial charge in [0, 0.05) is 31.2 Å². The van der Waals surface area contributed by atoms with E-state index < -0.39 is 0 Å². The van der Waals surface area contributed by atoms with Crippen molar-refractivity contribution in [1.82, 2.24) is 15.2 Å². The van der Waals surface area contributed by atoms with Crippen molar-refractivity contribution in [2.24, 2.45) is 0 Å². The molecule has 1 aliphatic rings. The highest BCUT2D eigenvalue weighted by Crippen LogP contribution is 2.22. The van der Waals surface area contributed by atoms with Gasteiger partial charge in [0.05, 0.1) is 31.3 Å². The first kappa shape index (κ1) is 20.4. The number of pyridine rings is 1. The van der Waals surface area contributed by atoms with Crippen LogP contribution in [0.4, 0.5) is 0 Å². The molecule has 1 aromatic carbocycles. The zero-order valence-electron chi connectivity index (χ0n) is 15.8. The topological polar surface area (TPSA) is 80.8 Å². The summed E-state index contributed by atoms with van der Waals surface area (Å²) in [6.45, 7) is 3.49. The lowest BCUT2D eigenvalue weighted by Crippen LogP contribution is -2.41. The maximum Gasteiger partial charge on any atom is 0.232 e. The summed E-state index contributed by atoms with van der Waals surface area (Å²) in [5, 5.41) is 3.90. The number of aromatic nitrogens is 1. The van der Waals surface area contributed by atoms with E-state index in [4.69, 9.17) is 9.47 Å². The van der Waals surface area contributed by atoms with E-state index in [9.17, 15) is 9.59 Å². The second-order valence-corrected chi connectivity index (χ2v) is 7.35. The molecule has 2 aromatic rings. The minimum Gasteiger partial charge on any atom is -0.491 e. The average molecular weight is 404 g/mol. The van der Waals surface area contributed by atoms with E-state index in [0.717, 1.165) is 16.7 Å². The molecule has 150 valence electrons. The fourth-order valence-corrected chi connectivity index (χ4v) is 3.61. The molecule has 1 saturated heterocycles. The van der Waals surface area contributed by atoms with E-state index in [1.54, 1.807) is 11.1 Å². The molecule has 1 aliphatic heterocycles. The minimum absolute atomic E-state index is 0.0633. The summed E-state index contributed by atoms with van der Waals surface area (Å²) in [5.74, 6) is 1.36. The molecule has 0 saturated carbocycles. The number of nitrogens with one attached hydrogen (secondary N) is 1. The van der Waals surface area contributed by atoms with Crippen LogP contribution in [0.25, 0.3) is 10.9 Å². The van der Waals surface area contributed by atoms with Crippen molar-refractivity contribution in [3.8, 4) is 5.75 Å². The lowest BCUT2D eigenvalue weighted by atomic mass is 10.2. The lowest BCUT2D eigenvalue weighted by molar-refractivity contribution is -0.132. The molecule has 8 heteroatoms. The Labute approximate surface area is 168 Å². The lowest BCUT2D eigenvalue weighted by Gasteiger charge is -2.26. The molecule has 1 aromatic heterocycles. The molecular weight excluding hydrogens is 378 g/mol. The van der Waals surface area contributed by atoms with Gasteiger partial charge in [0.25, 0.3) is 0 Å². The molecule has 3 rings (SSSR count). The quantitative estimate of drug-likeness (QED) is 0.642. The molecule has 2 heterocycles. The summed E-state index contributed by atoms with van der Waals surface area (Å²) < 4.78 is 11.0. The van der Waals surface area contributed by atoms with Gasteiger partial charge in [0.15, 0.2) is 0 Å². The number of carbonyl (C=O) groups excluding carboxylic acids is 2. The van der Waals surface area contributed by atoms with Crippen LogP contribution in [0.3, 0.4) is 0 Å². The number of para-hydroxylation sites is 1. The molecule has 0 bridgehead atoms. The molecule has 0 atom stereocenters. The zero-order valence-corrected chi connectivity index (χ0v) is 16.6. The van der Waals surface area contributed by atoms with Crippen molar-refractivity contribution >= 4 is 34.5 Å². The number of morpholine rings is 1. The number of carbonyl (C=O) groups is 2. The minimum atomic E-state index is -0.0633. The molecule has 1 N–H and O–H groups in total. The average Bonchev–Trinajstić information content (AvgIpc) is 2.74. The number of nitrogens with zero attached hydrogens (tertiary/aromatic N) is 2. The summed E-state index contributed by atoms with van der Waals surface area (Å²) in [6, 6.07) is 9.73. The first-order valence-corrected chi connectivity index (χ1v) is 10.6. The van der Waals surface area contributed by atoms with E-state index in [1.165, 1.54) is 11.8 Å². The fourth-order valence-electron chi connectivity index (χ4n) is 2.86. The molecule has 0 radical (unpaired) electrons. The maximum atomic E-state index is 12.0. The molecule has 2 amide bonds. The SMILES string of the molecule is O=C(CSCC(=O)N1CCOCC1)NCCCOc1cccc2cccnc12. The van der Waals surface area contributed by atoms with Crippen LogP contribution in [0.5, 0.6) is 5.75 Å². The first-order chi connectivity index (χ1) is 13.7. The van der Waals surface area contributed by atoms with Gasteiger partial charge in [-0.05, 0) is 18.6 Å². The van der Waals surface area contributed by atoms with E-state index in [-0.39, 0.29) is 17.6 Å². The van der Waals surface area contributed by atoms with Gasteiger partial charge in [-0.15, -0.1) is 11.8 Å². The summed E-state index contributed by atoms with van der Waals surface area (Å²) in [4.78, 5) is 30.0. The van der Waals surface area contributed by atoms with Crippen molar-refractivity contribution in [3.63, 3.8) is 0 Å². The Morgan fingerprint density at radius 2 is 2.00 bits per heavy atom. The van der Waals surface area contributed by atoms with Crippen LogP contribution in [-0.4, -0.2) is 72.7 Å². The van der Waals surface area contributed by atoms with Crippen molar-refractivity contribution in [2.75, 3.05) is 51.0 Å². The fraction of sp³-hybridized carbons (Fsp3) is 0.450. The summed E-state index contributed by atoms with van der Waals surface area (Å²) in [5.41, 5.74) is 0.843. The number of rotatable bonds is 9. The van der Waals surface area contributed by atoms with Crippen molar-refractivity contribution in [2.45, 2.75) is 6.42 Å². The second kappa shape index (κ2) is 10.9. The van der Waals surface area contributed by atoms with E-state index in [1.807, 2.05) is 30.3 Å². The Hall–Kier alpha value is -2.32. The van der Waals surface area contributed by atoms with Gasteiger partial charge >= 0.3 is 0 Å². The predicted octanol–water partition coefficient (Wildman–Crippen LogP) is 1.71. The number of ether oxygens (including phenoxy) is 2. The smallest absolute Gasteiger partial charge is 0.232 e. The van der Waals surface area contributed by atoms with Crippen LogP contribution < -0.4 is 10.1 Å². The van der Waals surface area contributed by atoms with Gasteiger partial charge in [-0.2, -0.15) is 0 Å². The van der Waals surface area contributed by atoms with Gasteiger partial charge in [-0.25, -0.2) is 0 Å². The summed E-state index contributed by atoms with van der Waals surface area (Å²) in [6.07, 6.45) is 2.45. The number of thioether (sulfide) groups is 1. The molecule has 0 aliphatic carbocycles. The van der Waals surface area contributed by atoms with Crippen molar-refractivity contribution < 1.29 is 19.1 Å². The van der Waals surface area contributed by atoms with Gasteiger partial charge in [0.1, 0.15) is 11.3 Å². The van der Waals surface area contributed by atoms with Gasteiger partial charge in [0.2, 0.25) is 11.8 Å². The highest BCUT2D eigenvalue weighted by Gasteiger charge is 2.16. The first-order valence-electron chi connectivity index (χ1n) is 9.40. The summed E-state index contributed by atoms with van der Waals surface area (Å²) in [7, 11) is 0. The Morgan fingerprint density at radius 1 is 1.18 bits per heavy atom. The monoisotopic (exact) mass is 403 g/mol. The second-order valence-electron chi connectivity index (χ2n) is 6.37. The molecule has 28 heavy (non-hydrogen) atoms. The molecule has 0 unspecified atom stereocenters. The van der Waals surface area contributed by atoms with Gasteiger partial charge in [-0.3, -0.25) is 14.6 Å². The van der Waals surface area contributed by atoms with Crippen LogP contribution in [0.1, 0.15) is 6.42 Å². The third-order valence-electron chi connectivity index (χ3n) is 4.32. The van der Waals surface area contributed by atoms with Gasteiger partial charge < -0.3 is 19.7 Å². The van der Waals surface area contributed by atoms with Crippen LogP contribution in [0, 0.1) is 0 Å². The standard InChI is InChI=1S/C20H25N3O4S/c24-18(14-28-15-19(25)23-9-12-26-13-10-23)21-8-3-11-27-17-6-1-4-16-5-2-7-22-20(16)17/h1-2,4-7H,3,8-15H2,(H,21,24). The highest BCUT2D eigenvalue weighted by molar-refractivity contribution is 8.00. The van der Waals surface area contributed by atoms with Gasteiger partial charge in [-0.1, -0.05) is 18.2 Å². The van der Waals surface area contributed by atoms with Crippen LogP contribution in [-0.2, 0) is 14.3 Å². The Bertz CT molecular complexity index is 791. The number of amides is 2.